The summed E-state index contributed by atoms with van der Waals surface area (Å²) in [5, 5.41) is 32.7. The summed E-state index contributed by atoms with van der Waals surface area (Å²) in [5.74, 6) is 0. The number of nitrogens with one attached hydrogen (secondary N) is 1. The third-order valence-electron chi connectivity index (χ3n) is 4.78. The number of nitrogens with zero attached hydrogens (tertiary/aromatic N) is 1. The number of anilines is 1. The Balaban J connectivity index is 2.35. The van der Waals surface area contributed by atoms with E-state index in [4.69, 9.17) is 14.4 Å². The van der Waals surface area contributed by atoms with Gasteiger partial charge in [0.25, 0.3) is 5.69 Å². The zero-order valence-corrected chi connectivity index (χ0v) is 15.2. The summed E-state index contributed by atoms with van der Waals surface area (Å²) in [4.78, 5) is 11.0. The number of hydrogen-bond donors (Lipinski definition) is 3. The van der Waals surface area contributed by atoms with Crippen molar-refractivity contribution >= 4 is 24.0 Å². The van der Waals surface area contributed by atoms with Gasteiger partial charge in [0.2, 0.25) is 0 Å². The summed E-state index contributed by atoms with van der Waals surface area (Å²) < 4.78 is 11.9. The van der Waals surface area contributed by atoms with Crippen LogP contribution in [-0.4, -0.2) is 52.7 Å². The van der Waals surface area contributed by atoms with Gasteiger partial charge in [0.1, 0.15) is 5.69 Å². The number of hydrogen-bond acceptors (Lipinski definition) is 7. The van der Waals surface area contributed by atoms with E-state index in [-0.39, 0.29) is 12.2 Å². The van der Waals surface area contributed by atoms with E-state index in [9.17, 15) is 15.2 Å². The van der Waals surface area contributed by atoms with E-state index in [0.29, 0.717) is 16.7 Å². The fourth-order valence-electron chi connectivity index (χ4n) is 2.57. The van der Waals surface area contributed by atoms with Crippen molar-refractivity contribution in [2.24, 2.45) is 0 Å². The lowest BCUT2D eigenvalue weighted by Gasteiger charge is -2.32. The molecule has 138 valence electrons. The molecule has 0 spiro atoms. The van der Waals surface area contributed by atoms with Gasteiger partial charge in [0, 0.05) is 12.6 Å². The SMILES string of the molecule is Cc1cc(B2OC(C)(C)C(C)(C)O2)cc([N+](=O)[O-])c1NCC(O)CO. The maximum absolute atomic E-state index is 11.5. The van der Waals surface area contributed by atoms with Crippen LogP contribution in [0.1, 0.15) is 33.3 Å². The summed E-state index contributed by atoms with van der Waals surface area (Å²) in [6.07, 6.45) is -0.998. The normalized spacial score (nSPS) is 19.7. The van der Waals surface area contributed by atoms with Crippen molar-refractivity contribution in [2.45, 2.75) is 51.9 Å². The molecule has 1 aromatic carbocycles. The highest BCUT2D eigenvalue weighted by atomic mass is 16.7. The predicted octanol–water partition coefficient (Wildman–Crippen LogP) is 0.968. The summed E-state index contributed by atoms with van der Waals surface area (Å²) in [6, 6.07) is 3.19. The van der Waals surface area contributed by atoms with Crippen LogP contribution in [-0.2, 0) is 9.31 Å². The Morgan fingerprint density at radius 2 is 1.84 bits per heavy atom. The number of aryl methyl sites for hydroxylation is 1. The molecule has 1 atom stereocenters. The summed E-state index contributed by atoms with van der Waals surface area (Å²) in [7, 11) is -0.695. The van der Waals surface area contributed by atoms with Crippen LogP contribution in [0.15, 0.2) is 12.1 Å². The van der Waals surface area contributed by atoms with Gasteiger partial charge in [-0.05, 0) is 45.6 Å². The van der Waals surface area contributed by atoms with Gasteiger partial charge in [-0.2, -0.15) is 0 Å². The lowest BCUT2D eigenvalue weighted by molar-refractivity contribution is -0.383. The molecule has 1 heterocycles. The van der Waals surface area contributed by atoms with Crippen LogP contribution in [0.4, 0.5) is 11.4 Å². The Labute approximate surface area is 147 Å². The lowest BCUT2D eigenvalue weighted by Crippen LogP contribution is -2.41. The van der Waals surface area contributed by atoms with Crippen molar-refractivity contribution in [1.82, 2.24) is 0 Å². The molecule has 0 bridgehead atoms. The third kappa shape index (κ3) is 3.95. The molecule has 1 unspecified atom stereocenters. The Morgan fingerprint density at radius 3 is 2.32 bits per heavy atom. The fraction of sp³-hybridized carbons (Fsp3) is 0.625. The van der Waals surface area contributed by atoms with Gasteiger partial charge in [0.15, 0.2) is 0 Å². The monoisotopic (exact) mass is 352 g/mol. The molecular formula is C16H25BN2O6. The first-order valence-corrected chi connectivity index (χ1v) is 8.16. The van der Waals surface area contributed by atoms with Gasteiger partial charge < -0.3 is 24.8 Å². The number of rotatable bonds is 6. The van der Waals surface area contributed by atoms with E-state index >= 15 is 0 Å². The Bertz CT molecular complexity index is 648. The molecule has 1 saturated heterocycles. The lowest BCUT2D eigenvalue weighted by atomic mass is 9.78. The van der Waals surface area contributed by atoms with Gasteiger partial charge >= 0.3 is 7.12 Å². The minimum Gasteiger partial charge on any atom is -0.399 e. The van der Waals surface area contributed by atoms with Crippen molar-refractivity contribution in [3.05, 3.63) is 27.8 Å². The minimum absolute atomic E-state index is 0.00795. The van der Waals surface area contributed by atoms with Crippen LogP contribution in [0, 0.1) is 17.0 Å². The molecular weight excluding hydrogens is 327 g/mol. The van der Waals surface area contributed by atoms with Crippen LogP contribution in [0.25, 0.3) is 0 Å². The number of nitro groups is 1. The molecule has 0 radical (unpaired) electrons. The zero-order valence-electron chi connectivity index (χ0n) is 15.2. The molecule has 0 aliphatic carbocycles. The number of aliphatic hydroxyl groups excluding tert-OH is 2. The van der Waals surface area contributed by atoms with Gasteiger partial charge in [-0.1, -0.05) is 6.07 Å². The molecule has 1 aliphatic rings. The van der Waals surface area contributed by atoms with Crippen LogP contribution < -0.4 is 10.8 Å². The summed E-state index contributed by atoms with van der Waals surface area (Å²) >= 11 is 0. The number of nitro benzene ring substituents is 1. The predicted molar refractivity (Wildman–Crippen MR) is 95.1 cm³/mol. The van der Waals surface area contributed by atoms with Crippen LogP contribution in [0.3, 0.4) is 0 Å². The second-order valence-electron chi connectivity index (χ2n) is 7.29. The maximum Gasteiger partial charge on any atom is 0.495 e. The quantitative estimate of drug-likeness (QED) is 0.397. The Kier molecular flexibility index (Phi) is 5.43. The van der Waals surface area contributed by atoms with E-state index in [0.717, 1.165) is 0 Å². The number of benzene rings is 1. The van der Waals surface area contributed by atoms with Crippen LogP contribution in [0.5, 0.6) is 0 Å². The molecule has 8 nitrogen and oxygen atoms in total. The highest BCUT2D eigenvalue weighted by molar-refractivity contribution is 6.62. The first-order chi connectivity index (χ1) is 11.5. The van der Waals surface area contributed by atoms with Crippen molar-refractivity contribution in [3.63, 3.8) is 0 Å². The van der Waals surface area contributed by atoms with E-state index in [1.54, 1.807) is 13.0 Å². The summed E-state index contributed by atoms with van der Waals surface area (Å²) in [5.41, 5.74) is 0.290. The first-order valence-electron chi connectivity index (χ1n) is 8.16. The highest BCUT2D eigenvalue weighted by Crippen LogP contribution is 2.37. The average Bonchev–Trinajstić information content (AvgIpc) is 2.73. The fourth-order valence-corrected chi connectivity index (χ4v) is 2.57. The number of aliphatic hydroxyl groups is 2. The average molecular weight is 352 g/mol. The van der Waals surface area contributed by atoms with Gasteiger partial charge in [-0.3, -0.25) is 10.1 Å². The highest BCUT2D eigenvalue weighted by Gasteiger charge is 2.52. The van der Waals surface area contributed by atoms with Crippen molar-refractivity contribution < 1.29 is 24.4 Å². The summed E-state index contributed by atoms with van der Waals surface area (Å²) in [6.45, 7) is 8.98. The molecule has 0 amide bonds. The second-order valence-corrected chi connectivity index (χ2v) is 7.29. The molecule has 0 saturated carbocycles. The van der Waals surface area contributed by atoms with E-state index in [1.807, 2.05) is 27.7 Å². The standard InChI is InChI=1S/C16H25BN2O6/c1-10-6-11(17-24-15(2,3)16(4,5)25-17)7-13(19(22)23)14(10)18-8-12(21)9-20/h6-7,12,18,20-21H,8-9H2,1-5H3. The Morgan fingerprint density at radius 1 is 1.28 bits per heavy atom. The second kappa shape index (κ2) is 6.91. The minimum atomic E-state index is -0.998. The molecule has 25 heavy (non-hydrogen) atoms. The van der Waals surface area contributed by atoms with Crippen LogP contribution in [0.2, 0.25) is 0 Å². The first kappa shape index (κ1) is 19.6. The molecule has 1 aromatic rings. The van der Waals surface area contributed by atoms with Crippen molar-refractivity contribution in [1.29, 1.82) is 0 Å². The molecule has 9 heteroatoms. The van der Waals surface area contributed by atoms with E-state index < -0.39 is 36.0 Å². The van der Waals surface area contributed by atoms with Crippen LogP contribution >= 0.6 is 0 Å². The molecule has 1 fully saturated rings. The smallest absolute Gasteiger partial charge is 0.399 e. The third-order valence-corrected chi connectivity index (χ3v) is 4.78. The molecule has 2 rings (SSSR count). The largest absolute Gasteiger partial charge is 0.495 e. The maximum atomic E-state index is 11.5. The topological polar surface area (TPSA) is 114 Å². The van der Waals surface area contributed by atoms with Crippen molar-refractivity contribution in [3.8, 4) is 0 Å². The van der Waals surface area contributed by atoms with Gasteiger partial charge in [-0.25, -0.2) is 0 Å². The van der Waals surface area contributed by atoms with Gasteiger partial charge in [0.05, 0.1) is 28.8 Å². The zero-order chi connectivity index (χ0) is 19.0. The van der Waals surface area contributed by atoms with Crippen molar-refractivity contribution in [2.75, 3.05) is 18.5 Å². The Hall–Kier alpha value is -1.68. The van der Waals surface area contributed by atoms with E-state index in [2.05, 4.69) is 5.32 Å². The molecule has 1 aliphatic heterocycles. The molecule has 0 aromatic heterocycles. The van der Waals surface area contributed by atoms with Gasteiger partial charge in [-0.15, -0.1) is 0 Å². The molecule has 3 N–H and O–H groups in total. The van der Waals surface area contributed by atoms with E-state index in [1.165, 1.54) is 6.07 Å².